The molecule has 0 heterocycles. The lowest BCUT2D eigenvalue weighted by Gasteiger charge is -2.24. The molecule has 2 atom stereocenters. The number of quaternary nitrogens is 1. The summed E-state index contributed by atoms with van der Waals surface area (Å²) in [5.74, 6) is -0.794. The molecule has 0 aliphatic heterocycles. The van der Waals surface area contributed by atoms with Crippen molar-refractivity contribution in [2.75, 3.05) is 47.5 Å². The predicted molar refractivity (Wildman–Crippen MR) is 316 cm³/mol. The average molecular weight is 1060 g/mol. The van der Waals surface area contributed by atoms with E-state index in [1.165, 1.54) is 199 Å². The van der Waals surface area contributed by atoms with Gasteiger partial charge in [-0.05, 0) is 83.5 Å². The molecule has 0 saturated heterocycles. The van der Waals surface area contributed by atoms with Gasteiger partial charge in [-0.15, -0.1) is 0 Å². The molecule has 74 heavy (non-hydrogen) atoms. The molecule has 1 N–H and O–H groups in total. The number of esters is 2. The first-order valence-corrected chi connectivity index (χ1v) is 32.5. The minimum atomic E-state index is -4.39. The lowest BCUT2D eigenvalue weighted by molar-refractivity contribution is -0.870. The molecule has 0 aromatic heterocycles. The smallest absolute Gasteiger partial charge is 0.462 e. The quantitative estimate of drug-likeness (QED) is 0.0211. The normalized spacial score (nSPS) is 13.6. The molecule has 9 nitrogen and oxygen atoms in total. The van der Waals surface area contributed by atoms with E-state index < -0.39 is 26.5 Å². The fraction of sp³-hybridized carbons (Fsp3) is 0.812. The molecule has 0 amide bonds. The molecule has 2 unspecified atom stereocenters. The number of carbonyl (C=O) groups excluding carboxylic acids is 2. The van der Waals surface area contributed by atoms with Crippen LogP contribution in [0.3, 0.4) is 0 Å². The van der Waals surface area contributed by atoms with E-state index in [4.69, 9.17) is 18.5 Å². The Labute approximate surface area is 457 Å². The summed E-state index contributed by atoms with van der Waals surface area (Å²) in [6, 6.07) is 0. The highest BCUT2D eigenvalue weighted by Crippen LogP contribution is 2.43. The Kier molecular flexibility index (Phi) is 53.7. The SMILES string of the molecule is CCCCC/C=C\C/C=C\CCCCCCCCCCCC(=O)OCC(COP(=O)(O)OCC[N+](C)(C)C)OC(=O)CCCCCCCCCCCCCCCCCC/C=C\C/C=C\C/C=C\CCCCCCC. The van der Waals surface area contributed by atoms with Crippen molar-refractivity contribution in [1.82, 2.24) is 0 Å². The second kappa shape index (κ2) is 55.5. The van der Waals surface area contributed by atoms with E-state index in [0.717, 1.165) is 51.4 Å². The van der Waals surface area contributed by atoms with Crippen molar-refractivity contribution < 1.29 is 42.1 Å². The summed E-state index contributed by atoms with van der Waals surface area (Å²) in [5, 5.41) is 0. The number of ether oxygens (including phenoxy) is 2. The Morgan fingerprint density at radius 2 is 0.730 bits per heavy atom. The van der Waals surface area contributed by atoms with Crippen molar-refractivity contribution in [1.29, 1.82) is 0 Å². The van der Waals surface area contributed by atoms with Gasteiger partial charge in [-0.3, -0.25) is 18.6 Å². The molecule has 0 aromatic carbocycles. The standard InChI is InChI=1S/C64H118NO8P/c1-6-8-10-12-14-16-18-20-22-24-26-27-28-29-30-31-32-33-34-35-36-37-39-41-43-45-47-49-51-53-55-57-64(67)73-62(61-72-74(68,69)71-59-58-65(3,4)5)60-70-63(66)56-54-52-50-48-46-44-42-40-38-25-23-21-19-17-15-13-11-9-7-2/h15,17-18,20-21,23-24,26,28-29,62H,6-14,16,19,22,25,27,30-61H2,1-5H3/p+1/b17-15-,20-18-,23-21-,26-24-,29-28-. The number of phosphoric acid groups is 1. The first-order valence-electron chi connectivity index (χ1n) is 31.0. The number of allylic oxidation sites excluding steroid dienone is 10. The maximum atomic E-state index is 12.8. The van der Waals surface area contributed by atoms with Crippen molar-refractivity contribution in [3.63, 3.8) is 0 Å². The van der Waals surface area contributed by atoms with Gasteiger partial charge in [0.05, 0.1) is 27.7 Å². The van der Waals surface area contributed by atoms with Gasteiger partial charge in [0.1, 0.15) is 19.8 Å². The number of hydrogen-bond acceptors (Lipinski definition) is 7. The van der Waals surface area contributed by atoms with Crippen LogP contribution >= 0.6 is 7.82 Å². The largest absolute Gasteiger partial charge is 0.472 e. The van der Waals surface area contributed by atoms with Crippen molar-refractivity contribution in [2.45, 2.75) is 290 Å². The van der Waals surface area contributed by atoms with E-state index in [0.29, 0.717) is 17.4 Å². The zero-order valence-corrected chi connectivity index (χ0v) is 50.0. The molecular formula is C64H119NO8P+. The predicted octanol–water partition coefficient (Wildman–Crippen LogP) is 19.5. The molecule has 432 valence electrons. The van der Waals surface area contributed by atoms with E-state index >= 15 is 0 Å². The van der Waals surface area contributed by atoms with Crippen molar-refractivity contribution >= 4 is 19.8 Å². The number of unbranched alkanes of at least 4 members (excludes halogenated alkanes) is 33. The summed E-state index contributed by atoms with van der Waals surface area (Å²) >= 11 is 0. The van der Waals surface area contributed by atoms with E-state index in [2.05, 4.69) is 74.6 Å². The van der Waals surface area contributed by atoms with Crippen LogP contribution in [0.4, 0.5) is 0 Å². The molecule has 0 bridgehead atoms. The lowest BCUT2D eigenvalue weighted by Crippen LogP contribution is -2.37. The number of hydrogen-bond donors (Lipinski definition) is 1. The Morgan fingerprint density at radius 3 is 1.11 bits per heavy atom. The summed E-state index contributed by atoms with van der Waals surface area (Å²) in [5.41, 5.74) is 0. The minimum absolute atomic E-state index is 0.0304. The molecule has 0 saturated carbocycles. The summed E-state index contributed by atoms with van der Waals surface area (Å²) in [6.45, 7) is 4.42. The number of phosphoric ester groups is 1. The summed E-state index contributed by atoms with van der Waals surface area (Å²) in [4.78, 5) is 35.7. The van der Waals surface area contributed by atoms with Gasteiger partial charge >= 0.3 is 19.8 Å². The highest BCUT2D eigenvalue weighted by molar-refractivity contribution is 7.47. The van der Waals surface area contributed by atoms with Crippen LogP contribution in [0.25, 0.3) is 0 Å². The fourth-order valence-electron chi connectivity index (χ4n) is 8.70. The van der Waals surface area contributed by atoms with Crippen LogP contribution in [0.1, 0.15) is 284 Å². The minimum Gasteiger partial charge on any atom is -0.462 e. The van der Waals surface area contributed by atoms with Gasteiger partial charge in [-0.1, -0.05) is 248 Å². The summed E-state index contributed by atoms with van der Waals surface area (Å²) < 4.78 is 34.6. The second-order valence-electron chi connectivity index (χ2n) is 22.1. The van der Waals surface area contributed by atoms with Gasteiger partial charge in [0, 0.05) is 12.8 Å². The molecule has 0 fully saturated rings. The zero-order chi connectivity index (χ0) is 54.2. The van der Waals surface area contributed by atoms with Crippen LogP contribution in [0.2, 0.25) is 0 Å². The highest BCUT2D eigenvalue weighted by Gasteiger charge is 2.27. The maximum Gasteiger partial charge on any atom is 0.472 e. The molecule has 10 heteroatoms. The van der Waals surface area contributed by atoms with Crippen LogP contribution in [0.5, 0.6) is 0 Å². The third kappa shape index (κ3) is 59.0. The van der Waals surface area contributed by atoms with Crippen LogP contribution in [-0.4, -0.2) is 74.9 Å². The maximum absolute atomic E-state index is 12.8. The molecule has 0 rings (SSSR count). The van der Waals surface area contributed by atoms with Crippen molar-refractivity contribution in [2.24, 2.45) is 0 Å². The monoisotopic (exact) mass is 1060 g/mol. The Bertz CT molecular complexity index is 1430. The van der Waals surface area contributed by atoms with Gasteiger partial charge in [0.25, 0.3) is 0 Å². The number of carbonyl (C=O) groups is 2. The first-order chi connectivity index (χ1) is 36.0. The third-order valence-electron chi connectivity index (χ3n) is 13.5. The van der Waals surface area contributed by atoms with Gasteiger partial charge in [0.15, 0.2) is 6.10 Å². The van der Waals surface area contributed by atoms with Crippen LogP contribution < -0.4 is 0 Å². The number of likely N-dealkylation sites (N-methyl/N-ethyl adjacent to an activating group) is 1. The second-order valence-corrected chi connectivity index (χ2v) is 23.5. The summed E-state index contributed by atoms with van der Waals surface area (Å²) in [7, 11) is 1.48. The van der Waals surface area contributed by atoms with E-state index in [-0.39, 0.29) is 32.0 Å². The van der Waals surface area contributed by atoms with Gasteiger partial charge < -0.3 is 18.9 Å². The topological polar surface area (TPSA) is 108 Å². The summed E-state index contributed by atoms with van der Waals surface area (Å²) in [6.07, 6.45) is 71.5. The van der Waals surface area contributed by atoms with E-state index in [9.17, 15) is 19.0 Å². The molecule has 0 aliphatic carbocycles. The number of rotatable bonds is 57. The Balaban J connectivity index is 4.08. The van der Waals surface area contributed by atoms with Gasteiger partial charge in [-0.25, -0.2) is 4.57 Å². The van der Waals surface area contributed by atoms with Crippen molar-refractivity contribution in [3.8, 4) is 0 Å². The lowest BCUT2D eigenvalue weighted by atomic mass is 10.0. The number of nitrogens with zero attached hydrogens (tertiary/aromatic N) is 1. The molecule has 0 aromatic rings. The van der Waals surface area contributed by atoms with Crippen LogP contribution in [-0.2, 0) is 32.7 Å². The Hall–Kier alpha value is -2.29. The molecule has 0 radical (unpaired) electrons. The van der Waals surface area contributed by atoms with Crippen LogP contribution in [0.15, 0.2) is 60.8 Å². The third-order valence-corrected chi connectivity index (χ3v) is 14.5. The molecule has 0 aliphatic rings. The van der Waals surface area contributed by atoms with E-state index in [1.54, 1.807) is 0 Å². The van der Waals surface area contributed by atoms with Gasteiger partial charge in [0.2, 0.25) is 0 Å². The van der Waals surface area contributed by atoms with Crippen molar-refractivity contribution in [3.05, 3.63) is 60.8 Å². The molecule has 0 spiro atoms. The highest BCUT2D eigenvalue weighted by atomic mass is 31.2. The molecular weight excluding hydrogens is 942 g/mol. The average Bonchev–Trinajstić information content (AvgIpc) is 3.36. The van der Waals surface area contributed by atoms with Crippen LogP contribution in [0, 0.1) is 0 Å². The zero-order valence-electron chi connectivity index (χ0n) is 49.1. The fourth-order valence-corrected chi connectivity index (χ4v) is 9.44. The Morgan fingerprint density at radius 1 is 0.419 bits per heavy atom. The van der Waals surface area contributed by atoms with Gasteiger partial charge in [-0.2, -0.15) is 0 Å². The van der Waals surface area contributed by atoms with E-state index in [1.807, 2.05) is 21.1 Å². The first kappa shape index (κ1) is 71.7.